The summed E-state index contributed by atoms with van der Waals surface area (Å²) in [6.45, 7) is 5.24. The zero-order chi connectivity index (χ0) is 12.8. The molecular formula is C17H22O. The van der Waals surface area contributed by atoms with Crippen LogP contribution in [0.1, 0.15) is 38.7 Å². The zero-order valence-electron chi connectivity index (χ0n) is 11.4. The Morgan fingerprint density at radius 1 is 1.22 bits per heavy atom. The molecule has 1 unspecified atom stereocenters. The Morgan fingerprint density at radius 3 is 2.61 bits per heavy atom. The van der Waals surface area contributed by atoms with Crippen molar-refractivity contribution < 1.29 is 4.74 Å². The highest BCUT2D eigenvalue weighted by Gasteiger charge is 2.05. The summed E-state index contributed by atoms with van der Waals surface area (Å²) in [7, 11) is 0. The van der Waals surface area contributed by atoms with Gasteiger partial charge in [0.2, 0.25) is 0 Å². The van der Waals surface area contributed by atoms with Crippen LogP contribution in [-0.2, 0) is 0 Å². The van der Waals surface area contributed by atoms with Crippen molar-refractivity contribution in [3.63, 3.8) is 0 Å². The van der Waals surface area contributed by atoms with Gasteiger partial charge in [-0.15, -0.1) is 0 Å². The van der Waals surface area contributed by atoms with E-state index >= 15 is 0 Å². The van der Waals surface area contributed by atoms with Gasteiger partial charge in [-0.05, 0) is 42.0 Å². The van der Waals surface area contributed by atoms with Crippen molar-refractivity contribution in [1.82, 2.24) is 0 Å². The lowest BCUT2D eigenvalue weighted by Gasteiger charge is -2.12. The summed E-state index contributed by atoms with van der Waals surface area (Å²) in [6, 6.07) is 8.43. The first-order valence-electron chi connectivity index (χ1n) is 6.91. The van der Waals surface area contributed by atoms with Gasteiger partial charge in [-0.2, -0.15) is 0 Å². The lowest BCUT2D eigenvalue weighted by Crippen LogP contribution is -1.97. The summed E-state index contributed by atoms with van der Waals surface area (Å²) in [4.78, 5) is 0. The van der Waals surface area contributed by atoms with Crippen molar-refractivity contribution in [2.45, 2.75) is 33.1 Å². The number of rotatable bonds is 5. The maximum absolute atomic E-state index is 5.67. The third-order valence-corrected chi connectivity index (χ3v) is 3.27. The second-order valence-corrected chi connectivity index (χ2v) is 4.96. The molecule has 1 atom stereocenters. The predicted octanol–water partition coefficient (Wildman–Crippen LogP) is 4.84. The molecule has 0 saturated heterocycles. The van der Waals surface area contributed by atoms with Crippen molar-refractivity contribution in [3.05, 3.63) is 48.1 Å². The molecule has 0 fully saturated rings. The summed E-state index contributed by atoms with van der Waals surface area (Å²) in [5.41, 5.74) is 2.61. The number of benzene rings is 1. The molecule has 0 bridgehead atoms. The second-order valence-electron chi connectivity index (χ2n) is 4.96. The van der Waals surface area contributed by atoms with Crippen LogP contribution in [0.15, 0.2) is 42.5 Å². The van der Waals surface area contributed by atoms with E-state index in [1.54, 1.807) is 0 Å². The maximum atomic E-state index is 5.67. The molecule has 1 nitrogen and oxygen atoms in total. The molecule has 0 aliphatic heterocycles. The fraction of sp³-hybridized carbons (Fsp3) is 0.412. The first-order valence-corrected chi connectivity index (χ1v) is 6.91. The minimum Gasteiger partial charge on any atom is -0.494 e. The van der Waals surface area contributed by atoms with Crippen LogP contribution < -0.4 is 4.74 Å². The number of hydrogen-bond acceptors (Lipinski definition) is 1. The molecule has 1 heteroatoms. The average Bonchev–Trinajstić information content (AvgIpc) is 2.41. The van der Waals surface area contributed by atoms with Gasteiger partial charge in [0, 0.05) is 0 Å². The number of ether oxygens (including phenoxy) is 1. The Bertz CT molecular complexity index is 425. The van der Waals surface area contributed by atoms with Crippen LogP contribution in [0.4, 0.5) is 0 Å². The number of unbranched alkanes of at least 4 members (excludes halogenated alkanes) is 1. The molecule has 0 heterocycles. The zero-order valence-corrected chi connectivity index (χ0v) is 11.4. The number of hydrogen-bond donors (Lipinski definition) is 0. The molecule has 2 rings (SSSR count). The smallest absolute Gasteiger partial charge is 0.119 e. The molecule has 0 aromatic heterocycles. The highest BCUT2D eigenvalue weighted by Crippen LogP contribution is 2.25. The van der Waals surface area contributed by atoms with Gasteiger partial charge in [0.1, 0.15) is 5.75 Å². The standard InChI is InChI=1S/C17H22O/c1-3-4-13-18-17-11-9-16(10-12-17)15-7-5-14(2)6-8-15/h5,7-12,14H,3-4,6,13H2,1-2H3. The van der Waals surface area contributed by atoms with Crippen molar-refractivity contribution >= 4 is 5.57 Å². The van der Waals surface area contributed by atoms with E-state index in [4.69, 9.17) is 4.74 Å². The van der Waals surface area contributed by atoms with Crippen molar-refractivity contribution in [2.24, 2.45) is 5.92 Å². The minimum absolute atomic E-state index is 0.672. The van der Waals surface area contributed by atoms with E-state index in [9.17, 15) is 0 Å². The van der Waals surface area contributed by atoms with Crippen molar-refractivity contribution in [2.75, 3.05) is 6.61 Å². The predicted molar refractivity (Wildman–Crippen MR) is 77.7 cm³/mol. The van der Waals surface area contributed by atoms with Gasteiger partial charge in [-0.3, -0.25) is 0 Å². The monoisotopic (exact) mass is 242 g/mol. The first-order chi connectivity index (χ1) is 8.79. The normalized spacial score (nSPS) is 18.6. The SMILES string of the molecule is CCCCOc1ccc(C2=CCC(C)C=C2)cc1. The van der Waals surface area contributed by atoms with Crippen molar-refractivity contribution in [1.29, 1.82) is 0 Å². The summed E-state index contributed by atoms with van der Waals surface area (Å²) < 4.78 is 5.67. The summed E-state index contributed by atoms with van der Waals surface area (Å²) in [6.07, 6.45) is 10.3. The fourth-order valence-electron chi connectivity index (χ4n) is 2.02. The molecule has 0 N–H and O–H groups in total. The van der Waals surface area contributed by atoms with Crippen LogP contribution in [0.5, 0.6) is 5.75 Å². The van der Waals surface area contributed by atoms with E-state index in [-0.39, 0.29) is 0 Å². The minimum atomic E-state index is 0.672. The molecule has 0 radical (unpaired) electrons. The van der Waals surface area contributed by atoms with Crippen LogP contribution in [0.2, 0.25) is 0 Å². The van der Waals surface area contributed by atoms with Gasteiger partial charge in [0.25, 0.3) is 0 Å². The summed E-state index contributed by atoms with van der Waals surface area (Å²) in [5, 5.41) is 0. The molecule has 1 aliphatic rings. The molecule has 0 amide bonds. The van der Waals surface area contributed by atoms with Crippen LogP contribution in [0.25, 0.3) is 5.57 Å². The quantitative estimate of drug-likeness (QED) is 0.671. The Morgan fingerprint density at radius 2 is 2.00 bits per heavy atom. The summed E-state index contributed by atoms with van der Waals surface area (Å²) in [5.74, 6) is 1.64. The fourth-order valence-corrected chi connectivity index (χ4v) is 2.02. The largest absolute Gasteiger partial charge is 0.494 e. The van der Waals surface area contributed by atoms with E-state index in [1.165, 1.54) is 17.6 Å². The van der Waals surface area contributed by atoms with E-state index in [1.807, 2.05) is 0 Å². The Balaban J connectivity index is 1.97. The van der Waals surface area contributed by atoms with Crippen LogP contribution in [0.3, 0.4) is 0 Å². The molecule has 1 aromatic rings. The summed E-state index contributed by atoms with van der Waals surface area (Å²) >= 11 is 0. The van der Waals surface area contributed by atoms with E-state index < -0.39 is 0 Å². The van der Waals surface area contributed by atoms with Gasteiger partial charge in [-0.1, -0.05) is 50.6 Å². The maximum Gasteiger partial charge on any atom is 0.119 e. The van der Waals surface area contributed by atoms with Crippen molar-refractivity contribution in [3.8, 4) is 5.75 Å². The van der Waals surface area contributed by atoms with E-state index in [0.717, 1.165) is 25.2 Å². The number of allylic oxidation sites excluding steroid dienone is 4. The van der Waals surface area contributed by atoms with Gasteiger partial charge >= 0.3 is 0 Å². The van der Waals surface area contributed by atoms with Gasteiger partial charge in [0.15, 0.2) is 0 Å². The third-order valence-electron chi connectivity index (χ3n) is 3.27. The molecule has 1 aromatic carbocycles. The Kier molecular flexibility index (Phi) is 4.63. The van der Waals surface area contributed by atoms with Gasteiger partial charge in [-0.25, -0.2) is 0 Å². The van der Waals surface area contributed by atoms with Gasteiger partial charge in [0.05, 0.1) is 6.61 Å². The van der Waals surface area contributed by atoms with Crippen LogP contribution >= 0.6 is 0 Å². The molecule has 0 spiro atoms. The molecule has 18 heavy (non-hydrogen) atoms. The third kappa shape index (κ3) is 3.49. The molecular weight excluding hydrogens is 220 g/mol. The lowest BCUT2D eigenvalue weighted by molar-refractivity contribution is 0.309. The topological polar surface area (TPSA) is 9.23 Å². The molecule has 0 saturated carbocycles. The van der Waals surface area contributed by atoms with Crippen LogP contribution in [-0.4, -0.2) is 6.61 Å². The Labute approximate surface area is 110 Å². The van der Waals surface area contributed by atoms with E-state index in [2.05, 4.69) is 56.3 Å². The second kappa shape index (κ2) is 6.44. The first kappa shape index (κ1) is 12.9. The highest BCUT2D eigenvalue weighted by atomic mass is 16.5. The molecule has 1 aliphatic carbocycles. The Hall–Kier alpha value is -1.50. The van der Waals surface area contributed by atoms with Crippen LogP contribution in [0, 0.1) is 5.92 Å². The van der Waals surface area contributed by atoms with Gasteiger partial charge < -0.3 is 4.74 Å². The van der Waals surface area contributed by atoms with E-state index in [0.29, 0.717) is 5.92 Å². The average molecular weight is 242 g/mol. The highest BCUT2D eigenvalue weighted by molar-refractivity contribution is 5.75. The lowest BCUT2D eigenvalue weighted by atomic mass is 9.94. The molecule has 96 valence electrons.